The lowest BCUT2D eigenvalue weighted by Gasteiger charge is -2.34. The summed E-state index contributed by atoms with van der Waals surface area (Å²) in [4.78, 5) is 0. The topological polar surface area (TPSA) is 26.0 Å². The van der Waals surface area contributed by atoms with Gasteiger partial charge in [0, 0.05) is 11.5 Å². The van der Waals surface area contributed by atoms with Gasteiger partial charge in [-0.1, -0.05) is 62.4 Å². The summed E-state index contributed by atoms with van der Waals surface area (Å²) in [5.41, 5.74) is 5.96. The third-order valence-corrected chi connectivity index (χ3v) is 3.90. The standard InChI is InChI=1S/C17H18F3N/c1-16(2,12-8-4-3-5-9-12)15(21)13-10-6-7-11-14(13)17(18,19)20/h3-11,15H,21H2,1-2H3. The van der Waals surface area contributed by atoms with Crippen LogP contribution in [0.5, 0.6) is 0 Å². The fourth-order valence-electron chi connectivity index (χ4n) is 2.46. The zero-order valence-electron chi connectivity index (χ0n) is 12.0. The Morgan fingerprint density at radius 1 is 0.857 bits per heavy atom. The van der Waals surface area contributed by atoms with Crippen molar-refractivity contribution in [3.05, 3.63) is 71.3 Å². The number of nitrogens with two attached hydrogens (primary N) is 1. The van der Waals surface area contributed by atoms with Crippen LogP contribution in [0.2, 0.25) is 0 Å². The third kappa shape index (κ3) is 3.10. The van der Waals surface area contributed by atoms with Crippen LogP contribution in [-0.2, 0) is 11.6 Å². The highest BCUT2D eigenvalue weighted by molar-refractivity contribution is 5.37. The van der Waals surface area contributed by atoms with Crippen molar-refractivity contribution < 1.29 is 13.2 Å². The molecule has 0 saturated heterocycles. The van der Waals surface area contributed by atoms with Crippen molar-refractivity contribution in [1.29, 1.82) is 0 Å². The van der Waals surface area contributed by atoms with Gasteiger partial charge in [0.1, 0.15) is 0 Å². The summed E-state index contributed by atoms with van der Waals surface area (Å²) in [6.45, 7) is 3.72. The van der Waals surface area contributed by atoms with Crippen molar-refractivity contribution in [1.82, 2.24) is 0 Å². The maximum absolute atomic E-state index is 13.1. The van der Waals surface area contributed by atoms with Crippen LogP contribution in [0.1, 0.15) is 36.6 Å². The number of benzene rings is 2. The number of halogens is 3. The van der Waals surface area contributed by atoms with E-state index < -0.39 is 23.2 Å². The first-order valence-electron chi connectivity index (χ1n) is 6.72. The molecule has 0 aliphatic rings. The number of hydrogen-bond donors (Lipinski definition) is 1. The van der Waals surface area contributed by atoms with E-state index in [2.05, 4.69) is 0 Å². The Hall–Kier alpha value is -1.81. The van der Waals surface area contributed by atoms with E-state index in [9.17, 15) is 13.2 Å². The van der Waals surface area contributed by atoms with E-state index >= 15 is 0 Å². The molecule has 1 unspecified atom stereocenters. The molecule has 0 aliphatic carbocycles. The molecule has 0 aromatic heterocycles. The molecule has 2 rings (SSSR count). The highest BCUT2D eigenvalue weighted by Gasteiger charge is 2.38. The van der Waals surface area contributed by atoms with Gasteiger partial charge in [-0.3, -0.25) is 0 Å². The van der Waals surface area contributed by atoms with Crippen LogP contribution in [0.25, 0.3) is 0 Å². The van der Waals surface area contributed by atoms with Crippen molar-refractivity contribution >= 4 is 0 Å². The molecule has 21 heavy (non-hydrogen) atoms. The summed E-state index contributed by atoms with van der Waals surface area (Å²) in [7, 11) is 0. The summed E-state index contributed by atoms with van der Waals surface area (Å²) in [6, 6.07) is 14.1. The van der Waals surface area contributed by atoms with Crippen molar-refractivity contribution in [2.45, 2.75) is 31.5 Å². The smallest absolute Gasteiger partial charge is 0.323 e. The second-order valence-electron chi connectivity index (χ2n) is 5.65. The normalized spacial score (nSPS) is 14.0. The molecule has 0 radical (unpaired) electrons. The molecule has 0 saturated carbocycles. The van der Waals surface area contributed by atoms with E-state index in [-0.39, 0.29) is 5.56 Å². The number of hydrogen-bond acceptors (Lipinski definition) is 1. The van der Waals surface area contributed by atoms with E-state index in [0.717, 1.165) is 11.6 Å². The summed E-state index contributed by atoms with van der Waals surface area (Å²) in [6.07, 6.45) is -4.40. The van der Waals surface area contributed by atoms with Crippen LogP contribution in [0, 0.1) is 0 Å². The molecule has 0 spiro atoms. The molecule has 0 bridgehead atoms. The van der Waals surface area contributed by atoms with Gasteiger partial charge in [-0.05, 0) is 17.2 Å². The Labute approximate surface area is 122 Å². The van der Waals surface area contributed by atoms with Crippen LogP contribution in [0.3, 0.4) is 0 Å². The van der Waals surface area contributed by atoms with Crippen molar-refractivity contribution in [3.63, 3.8) is 0 Å². The van der Waals surface area contributed by atoms with Crippen molar-refractivity contribution in [2.24, 2.45) is 5.73 Å². The highest BCUT2D eigenvalue weighted by atomic mass is 19.4. The monoisotopic (exact) mass is 293 g/mol. The quantitative estimate of drug-likeness (QED) is 0.873. The molecule has 0 amide bonds. The average molecular weight is 293 g/mol. The maximum Gasteiger partial charge on any atom is 0.416 e. The molecular weight excluding hydrogens is 275 g/mol. The van der Waals surface area contributed by atoms with Gasteiger partial charge in [0.15, 0.2) is 0 Å². The molecule has 0 heterocycles. The molecule has 2 N–H and O–H groups in total. The SMILES string of the molecule is CC(C)(c1ccccc1)C(N)c1ccccc1C(F)(F)F. The van der Waals surface area contributed by atoms with Crippen LogP contribution >= 0.6 is 0 Å². The van der Waals surface area contributed by atoms with Gasteiger partial charge in [0.05, 0.1) is 5.56 Å². The molecule has 0 fully saturated rings. The maximum atomic E-state index is 13.1. The molecule has 112 valence electrons. The van der Waals surface area contributed by atoms with Gasteiger partial charge in [-0.15, -0.1) is 0 Å². The second kappa shape index (κ2) is 5.53. The van der Waals surface area contributed by atoms with Crippen LogP contribution < -0.4 is 5.73 Å². The average Bonchev–Trinajstić information content (AvgIpc) is 2.46. The first-order chi connectivity index (χ1) is 9.74. The van der Waals surface area contributed by atoms with E-state index in [0.29, 0.717) is 0 Å². The summed E-state index contributed by atoms with van der Waals surface area (Å²) >= 11 is 0. The van der Waals surface area contributed by atoms with Gasteiger partial charge in [-0.25, -0.2) is 0 Å². The molecule has 2 aromatic carbocycles. The summed E-state index contributed by atoms with van der Waals surface area (Å²) in [5, 5.41) is 0. The summed E-state index contributed by atoms with van der Waals surface area (Å²) < 4.78 is 39.4. The Bertz CT molecular complexity index is 603. The molecular formula is C17H18F3N. The zero-order chi connectivity index (χ0) is 15.7. The van der Waals surface area contributed by atoms with E-state index in [1.165, 1.54) is 12.1 Å². The third-order valence-electron chi connectivity index (χ3n) is 3.90. The van der Waals surface area contributed by atoms with E-state index in [4.69, 9.17) is 5.73 Å². The second-order valence-corrected chi connectivity index (χ2v) is 5.65. The number of alkyl halides is 3. The van der Waals surface area contributed by atoms with Crippen LogP contribution in [0.4, 0.5) is 13.2 Å². The summed E-state index contributed by atoms with van der Waals surface area (Å²) in [5.74, 6) is 0. The lowest BCUT2D eigenvalue weighted by molar-refractivity contribution is -0.138. The van der Waals surface area contributed by atoms with Gasteiger partial charge >= 0.3 is 6.18 Å². The van der Waals surface area contributed by atoms with Gasteiger partial charge in [0.25, 0.3) is 0 Å². The Kier molecular flexibility index (Phi) is 4.10. The fraction of sp³-hybridized carbons (Fsp3) is 0.294. The minimum Gasteiger partial charge on any atom is -0.323 e. The molecule has 4 heteroatoms. The first-order valence-corrected chi connectivity index (χ1v) is 6.72. The van der Waals surface area contributed by atoms with Gasteiger partial charge in [0.2, 0.25) is 0 Å². The van der Waals surface area contributed by atoms with Crippen molar-refractivity contribution in [2.75, 3.05) is 0 Å². The molecule has 0 aliphatic heterocycles. The molecule has 1 atom stereocenters. The van der Waals surface area contributed by atoms with E-state index in [1.54, 1.807) is 6.07 Å². The predicted octanol–water partition coefficient (Wildman–Crippen LogP) is 4.68. The number of rotatable bonds is 3. The largest absolute Gasteiger partial charge is 0.416 e. The van der Waals surface area contributed by atoms with Gasteiger partial charge in [-0.2, -0.15) is 13.2 Å². The van der Waals surface area contributed by atoms with E-state index in [1.807, 2.05) is 44.2 Å². The Balaban J connectivity index is 2.48. The Morgan fingerprint density at radius 3 is 1.95 bits per heavy atom. The molecule has 1 nitrogen and oxygen atoms in total. The highest BCUT2D eigenvalue weighted by Crippen LogP contribution is 2.40. The fourth-order valence-corrected chi connectivity index (χ4v) is 2.46. The minimum atomic E-state index is -4.40. The van der Waals surface area contributed by atoms with Gasteiger partial charge < -0.3 is 5.73 Å². The Morgan fingerprint density at radius 2 is 1.38 bits per heavy atom. The predicted molar refractivity (Wildman–Crippen MR) is 77.8 cm³/mol. The van der Waals surface area contributed by atoms with Crippen LogP contribution in [0.15, 0.2) is 54.6 Å². The lowest BCUT2D eigenvalue weighted by atomic mass is 9.74. The van der Waals surface area contributed by atoms with Crippen molar-refractivity contribution in [3.8, 4) is 0 Å². The lowest BCUT2D eigenvalue weighted by Crippen LogP contribution is -2.34. The van der Waals surface area contributed by atoms with Crippen LogP contribution in [-0.4, -0.2) is 0 Å². The minimum absolute atomic E-state index is 0.124. The molecule has 2 aromatic rings. The zero-order valence-corrected chi connectivity index (χ0v) is 12.0. The first kappa shape index (κ1) is 15.6.